The molecule has 1 aliphatic rings. The third kappa shape index (κ3) is 3.98. The second-order valence-corrected chi connectivity index (χ2v) is 3.77. The second-order valence-electron chi connectivity index (χ2n) is 3.77. The highest BCUT2D eigenvalue weighted by Crippen LogP contribution is 2.23. The van der Waals surface area contributed by atoms with Crippen LogP contribution in [-0.4, -0.2) is 30.7 Å². The molecule has 4 heteroatoms. The molecule has 0 amide bonds. The molecule has 78 valence electrons. The van der Waals surface area contributed by atoms with Crippen LogP contribution >= 0.6 is 0 Å². The average Bonchev–Trinajstić information content (AvgIpc) is 2.01. The summed E-state index contributed by atoms with van der Waals surface area (Å²) in [5.74, 6) is 0.469. The summed E-state index contributed by atoms with van der Waals surface area (Å²) in [6.07, 6.45) is -1.04. The highest BCUT2D eigenvalue weighted by Gasteiger charge is 2.32. The van der Waals surface area contributed by atoms with Crippen molar-refractivity contribution in [1.82, 2.24) is 4.90 Å². The summed E-state index contributed by atoms with van der Waals surface area (Å²) in [5.41, 5.74) is 0. The quantitative estimate of drug-likeness (QED) is 0.654. The highest BCUT2D eigenvalue weighted by molar-refractivity contribution is 4.73. The first kappa shape index (κ1) is 10.8. The highest BCUT2D eigenvalue weighted by atomic mass is 19.4. The van der Waals surface area contributed by atoms with Gasteiger partial charge in [-0.25, -0.2) is 0 Å². The molecule has 1 nitrogen and oxygen atoms in total. The fraction of sp³-hybridized carbons (Fsp3) is 1.00. The van der Waals surface area contributed by atoms with Crippen molar-refractivity contribution in [2.75, 3.05) is 19.6 Å². The molecule has 1 atom stereocenters. The number of hydrogen-bond acceptors (Lipinski definition) is 1. The lowest BCUT2D eigenvalue weighted by Crippen LogP contribution is -2.41. The lowest BCUT2D eigenvalue weighted by Gasteiger charge is -2.32. The van der Waals surface area contributed by atoms with E-state index in [0.717, 1.165) is 19.3 Å². The van der Waals surface area contributed by atoms with Crippen molar-refractivity contribution >= 4 is 0 Å². The Hall–Kier alpha value is -0.250. The SMILES string of the molecule is CCC1CCCN(CC(F)(F)F)C1. The zero-order chi connectivity index (χ0) is 9.90. The molecule has 1 unspecified atom stereocenters. The van der Waals surface area contributed by atoms with Crippen LogP contribution in [0, 0.1) is 5.92 Å². The molecule has 1 rings (SSSR count). The molecule has 0 aromatic rings. The molecule has 0 aromatic heterocycles. The Morgan fingerprint density at radius 2 is 2.08 bits per heavy atom. The maximum atomic E-state index is 12.0. The molecule has 0 spiro atoms. The minimum Gasteiger partial charge on any atom is -0.295 e. The Balaban J connectivity index is 2.34. The van der Waals surface area contributed by atoms with Gasteiger partial charge in [-0.05, 0) is 25.3 Å². The van der Waals surface area contributed by atoms with Crippen molar-refractivity contribution in [3.63, 3.8) is 0 Å². The van der Waals surface area contributed by atoms with E-state index in [-0.39, 0.29) is 0 Å². The van der Waals surface area contributed by atoms with Crippen molar-refractivity contribution in [2.24, 2.45) is 5.92 Å². The number of piperidine rings is 1. The maximum absolute atomic E-state index is 12.0. The molecule has 1 aliphatic heterocycles. The van der Waals surface area contributed by atoms with Gasteiger partial charge in [0.25, 0.3) is 0 Å². The van der Waals surface area contributed by atoms with Gasteiger partial charge in [-0.1, -0.05) is 13.3 Å². The number of nitrogens with zero attached hydrogens (tertiary/aromatic N) is 1. The third-order valence-electron chi connectivity index (χ3n) is 2.58. The lowest BCUT2D eigenvalue weighted by atomic mass is 9.96. The van der Waals surface area contributed by atoms with Crippen LogP contribution < -0.4 is 0 Å². The van der Waals surface area contributed by atoms with Gasteiger partial charge in [-0.3, -0.25) is 4.90 Å². The van der Waals surface area contributed by atoms with Crippen LogP contribution in [0.3, 0.4) is 0 Å². The van der Waals surface area contributed by atoms with Crippen molar-refractivity contribution in [1.29, 1.82) is 0 Å². The average molecular weight is 195 g/mol. The Bertz CT molecular complexity index is 155. The van der Waals surface area contributed by atoms with Crippen LogP contribution in [0.5, 0.6) is 0 Å². The summed E-state index contributed by atoms with van der Waals surface area (Å²) in [6, 6.07) is 0. The predicted molar refractivity (Wildman–Crippen MR) is 45.5 cm³/mol. The van der Waals surface area contributed by atoms with E-state index in [2.05, 4.69) is 0 Å². The van der Waals surface area contributed by atoms with Gasteiger partial charge in [0.15, 0.2) is 0 Å². The monoisotopic (exact) mass is 195 g/mol. The maximum Gasteiger partial charge on any atom is 0.401 e. The van der Waals surface area contributed by atoms with Gasteiger partial charge in [0, 0.05) is 6.54 Å². The van der Waals surface area contributed by atoms with Gasteiger partial charge in [-0.2, -0.15) is 13.2 Å². The van der Waals surface area contributed by atoms with Crippen LogP contribution in [0.4, 0.5) is 13.2 Å². The summed E-state index contributed by atoms with van der Waals surface area (Å²) >= 11 is 0. The molecule has 0 aliphatic carbocycles. The molecule has 1 fully saturated rings. The second kappa shape index (κ2) is 4.31. The molecular formula is C9H16F3N. The van der Waals surface area contributed by atoms with Crippen LogP contribution in [0.15, 0.2) is 0 Å². The summed E-state index contributed by atoms with van der Waals surface area (Å²) in [6.45, 7) is 2.54. The van der Waals surface area contributed by atoms with Crippen LogP contribution in [0.25, 0.3) is 0 Å². The summed E-state index contributed by atoms with van der Waals surface area (Å²) in [4.78, 5) is 1.53. The van der Waals surface area contributed by atoms with Crippen molar-refractivity contribution in [3.8, 4) is 0 Å². The Morgan fingerprint density at radius 1 is 1.38 bits per heavy atom. The first-order valence-electron chi connectivity index (χ1n) is 4.80. The lowest BCUT2D eigenvalue weighted by molar-refractivity contribution is -0.149. The van der Waals surface area contributed by atoms with Gasteiger partial charge in [0.05, 0.1) is 6.54 Å². The van der Waals surface area contributed by atoms with Crippen molar-refractivity contribution in [2.45, 2.75) is 32.4 Å². The smallest absolute Gasteiger partial charge is 0.295 e. The van der Waals surface area contributed by atoms with Crippen LogP contribution in [0.2, 0.25) is 0 Å². The van der Waals surface area contributed by atoms with Crippen LogP contribution in [-0.2, 0) is 0 Å². The van der Waals surface area contributed by atoms with E-state index < -0.39 is 12.7 Å². The van der Waals surface area contributed by atoms with E-state index in [4.69, 9.17) is 0 Å². The zero-order valence-electron chi connectivity index (χ0n) is 7.90. The number of halogens is 3. The van der Waals surface area contributed by atoms with E-state index >= 15 is 0 Å². The van der Waals surface area contributed by atoms with Gasteiger partial charge < -0.3 is 0 Å². The van der Waals surface area contributed by atoms with Gasteiger partial charge in [-0.15, -0.1) is 0 Å². The van der Waals surface area contributed by atoms with Gasteiger partial charge in [0.2, 0.25) is 0 Å². The molecule has 0 N–H and O–H groups in total. The number of rotatable bonds is 2. The summed E-state index contributed by atoms with van der Waals surface area (Å²) in [7, 11) is 0. The molecule has 1 saturated heterocycles. The van der Waals surface area contributed by atoms with E-state index in [1.165, 1.54) is 4.90 Å². The fourth-order valence-corrected chi connectivity index (χ4v) is 1.88. The van der Waals surface area contributed by atoms with Gasteiger partial charge >= 0.3 is 6.18 Å². The minimum absolute atomic E-state index is 0.469. The molecule has 0 aromatic carbocycles. The third-order valence-corrected chi connectivity index (χ3v) is 2.58. The van der Waals surface area contributed by atoms with E-state index in [9.17, 15) is 13.2 Å². The normalized spacial score (nSPS) is 26.3. The molecule has 0 radical (unpaired) electrons. The Kier molecular flexibility index (Phi) is 3.59. The first-order chi connectivity index (χ1) is 6.01. The molecule has 0 saturated carbocycles. The minimum atomic E-state index is -4.03. The van der Waals surface area contributed by atoms with Crippen molar-refractivity contribution < 1.29 is 13.2 Å². The molecule has 1 heterocycles. The van der Waals surface area contributed by atoms with E-state index in [1.807, 2.05) is 6.92 Å². The van der Waals surface area contributed by atoms with Gasteiger partial charge in [0.1, 0.15) is 0 Å². The van der Waals surface area contributed by atoms with Crippen LogP contribution in [0.1, 0.15) is 26.2 Å². The predicted octanol–water partition coefficient (Wildman–Crippen LogP) is 2.67. The summed E-state index contributed by atoms with van der Waals surface area (Å²) in [5, 5.41) is 0. The Morgan fingerprint density at radius 3 is 2.62 bits per heavy atom. The summed E-state index contributed by atoms with van der Waals surface area (Å²) < 4.78 is 36.1. The number of hydrogen-bond donors (Lipinski definition) is 0. The molecule has 0 bridgehead atoms. The fourth-order valence-electron chi connectivity index (χ4n) is 1.88. The topological polar surface area (TPSA) is 3.24 Å². The standard InChI is InChI=1S/C9H16F3N/c1-2-8-4-3-5-13(6-8)7-9(10,11)12/h8H,2-7H2,1H3. The number of alkyl halides is 3. The zero-order valence-corrected chi connectivity index (χ0v) is 7.90. The van der Waals surface area contributed by atoms with E-state index in [0.29, 0.717) is 19.0 Å². The van der Waals surface area contributed by atoms with E-state index in [1.54, 1.807) is 0 Å². The molecule has 13 heavy (non-hydrogen) atoms. The largest absolute Gasteiger partial charge is 0.401 e. The number of likely N-dealkylation sites (tertiary alicyclic amines) is 1. The van der Waals surface area contributed by atoms with Crippen molar-refractivity contribution in [3.05, 3.63) is 0 Å². The molecular weight excluding hydrogens is 179 g/mol. The first-order valence-corrected chi connectivity index (χ1v) is 4.80. The Labute approximate surface area is 76.9 Å².